The number of hydrogen-bond acceptors (Lipinski definition) is 4. The second kappa shape index (κ2) is 6.36. The van der Waals surface area contributed by atoms with E-state index in [1.54, 1.807) is 24.5 Å². The van der Waals surface area contributed by atoms with E-state index >= 15 is 0 Å². The normalized spacial score (nSPS) is 41.7. The van der Waals surface area contributed by atoms with Crippen molar-refractivity contribution in [2.24, 2.45) is 29.1 Å². The zero-order valence-corrected chi connectivity index (χ0v) is 15.8. The van der Waals surface area contributed by atoms with Crippen molar-refractivity contribution in [1.82, 2.24) is 10.3 Å². The Bertz CT molecular complexity index is 706. The summed E-state index contributed by atoms with van der Waals surface area (Å²) in [5.41, 5.74) is 0.839. The van der Waals surface area contributed by atoms with Gasteiger partial charge in [-0.05, 0) is 49.1 Å². The molecule has 3 aliphatic rings. The molecule has 1 N–H and O–H groups in total. The van der Waals surface area contributed by atoms with Crippen molar-refractivity contribution >= 4 is 11.9 Å². The third kappa shape index (κ3) is 2.72. The van der Waals surface area contributed by atoms with Crippen molar-refractivity contribution < 1.29 is 14.3 Å². The highest BCUT2D eigenvalue weighted by Gasteiger charge is 2.58. The number of pyridine rings is 1. The number of carbonyl (C=O) groups excluding carboxylic acids is 2. The summed E-state index contributed by atoms with van der Waals surface area (Å²) in [7, 11) is 0. The highest BCUT2D eigenvalue weighted by atomic mass is 16.6. The van der Waals surface area contributed by atoms with E-state index in [9.17, 15) is 9.59 Å². The molecule has 1 aromatic heterocycles. The molecule has 2 heterocycles. The maximum absolute atomic E-state index is 12.6. The van der Waals surface area contributed by atoms with Crippen LogP contribution in [0.4, 0.5) is 0 Å². The molecule has 1 saturated heterocycles. The molecule has 1 aromatic rings. The molecule has 2 aliphatic carbocycles. The Balaban J connectivity index is 1.54. The van der Waals surface area contributed by atoms with Crippen LogP contribution in [0.5, 0.6) is 0 Å². The fourth-order valence-electron chi connectivity index (χ4n) is 5.78. The van der Waals surface area contributed by atoms with Gasteiger partial charge < -0.3 is 10.1 Å². The fourth-order valence-corrected chi connectivity index (χ4v) is 5.78. The van der Waals surface area contributed by atoms with Crippen LogP contribution in [0.2, 0.25) is 0 Å². The van der Waals surface area contributed by atoms with E-state index < -0.39 is 0 Å². The molecule has 0 spiro atoms. The van der Waals surface area contributed by atoms with Crippen LogP contribution in [-0.4, -0.2) is 29.0 Å². The molecule has 1 aliphatic heterocycles. The summed E-state index contributed by atoms with van der Waals surface area (Å²) in [6.45, 7) is 6.58. The number of nitrogens with one attached hydrogen (secondary N) is 1. The maximum Gasteiger partial charge on any atom is 0.309 e. The molecule has 26 heavy (non-hydrogen) atoms. The Hall–Kier alpha value is -1.91. The largest absolute Gasteiger partial charge is 0.462 e. The first-order valence-electron chi connectivity index (χ1n) is 9.82. The number of carbonyl (C=O) groups is 2. The van der Waals surface area contributed by atoms with E-state index in [4.69, 9.17) is 4.74 Å². The van der Waals surface area contributed by atoms with Gasteiger partial charge in [-0.2, -0.15) is 0 Å². The van der Waals surface area contributed by atoms with Gasteiger partial charge in [-0.15, -0.1) is 0 Å². The van der Waals surface area contributed by atoms with Crippen molar-refractivity contribution in [3.05, 3.63) is 30.1 Å². The number of hydrogen-bond donors (Lipinski definition) is 1. The van der Waals surface area contributed by atoms with E-state index in [-0.39, 0.29) is 41.3 Å². The molecule has 5 heteroatoms. The highest BCUT2D eigenvalue weighted by Crippen LogP contribution is 2.57. The third-order valence-corrected chi connectivity index (χ3v) is 7.38. The van der Waals surface area contributed by atoms with E-state index in [2.05, 4.69) is 24.1 Å². The van der Waals surface area contributed by atoms with Crippen LogP contribution < -0.4 is 5.32 Å². The van der Waals surface area contributed by atoms with Crippen LogP contribution in [0.25, 0.3) is 0 Å². The molecule has 7 atom stereocenters. The van der Waals surface area contributed by atoms with Crippen molar-refractivity contribution in [2.45, 2.75) is 58.6 Å². The second-order valence-corrected chi connectivity index (χ2v) is 8.79. The molecule has 140 valence electrons. The number of esters is 1. The minimum atomic E-state index is -0.0444. The number of amides is 1. The molecule has 0 unspecified atom stereocenters. The molecule has 5 nitrogen and oxygen atoms in total. The number of nitrogens with zero attached hydrogens (tertiary/aromatic N) is 1. The standard InChI is InChI=1S/C21H28N2O3/c1-12-15-4-8-21(3)9-5-16(13(2)17(21)18(15)26-20(12)25)23-19(24)14-6-10-22-11-7-14/h6-7,10-13,15-18H,4-5,8-9H2,1-3H3,(H,23,24)/t12-,13+,15-,16-,17+,18-,21-/m0/s1. The third-order valence-electron chi connectivity index (χ3n) is 7.38. The minimum Gasteiger partial charge on any atom is -0.462 e. The summed E-state index contributed by atoms with van der Waals surface area (Å²) in [4.78, 5) is 28.8. The van der Waals surface area contributed by atoms with Crippen LogP contribution in [0, 0.1) is 29.1 Å². The van der Waals surface area contributed by atoms with Crippen LogP contribution in [0.1, 0.15) is 56.8 Å². The monoisotopic (exact) mass is 356 g/mol. The van der Waals surface area contributed by atoms with Gasteiger partial charge in [0.1, 0.15) is 6.10 Å². The summed E-state index contributed by atoms with van der Waals surface area (Å²) >= 11 is 0. The Kier molecular flexibility index (Phi) is 4.28. The zero-order chi connectivity index (χ0) is 18.5. The van der Waals surface area contributed by atoms with Crippen LogP contribution in [-0.2, 0) is 9.53 Å². The van der Waals surface area contributed by atoms with Crippen LogP contribution in [0.15, 0.2) is 24.5 Å². The van der Waals surface area contributed by atoms with Gasteiger partial charge in [0.15, 0.2) is 0 Å². The van der Waals surface area contributed by atoms with Gasteiger partial charge in [0.2, 0.25) is 0 Å². The summed E-state index contributed by atoms with van der Waals surface area (Å²) < 4.78 is 5.86. The lowest BCUT2D eigenvalue weighted by molar-refractivity contribution is -0.153. The quantitative estimate of drug-likeness (QED) is 0.826. The SMILES string of the molecule is C[C@H]1[C@@H]2[C@H]3OC(=O)[C@@H](C)[C@@H]3CC[C@@]2(C)CC[C@@H]1NC(=O)c1ccncc1. The lowest BCUT2D eigenvalue weighted by Gasteiger charge is -2.54. The molecule has 3 fully saturated rings. The Labute approximate surface area is 154 Å². The Morgan fingerprint density at radius 3 is 2.65 bits per heavy atom. The summed E-state index contributed by atoms with van der Waals surface area (Å²) in [5.74, 6) is 0.842. The summed E-state index contributed by atoms with van der Waals surface area (Å²) in [6, 6.07) is 3.59. The molecule has 0 bridgehead atoms. The molecular weight excluding hydrogens is 328 g/mol. The molecule has 0 radical (unpaired) electrons. The topological polar surface area (TPSA) is 68.3 Å². The summed E-state index contributed by atoms with van der Waals surface area (Å²) in [5, 5.41) is 3.23. The predicted octanol–water partition coefficient (Wildman–Crippen LogP) is 3.20. The molecule has 2 saturated carbocycles. The lowest BCUT2D eigenvalue weighted by atomic mass is 9.52. The van der Waals surface area contributed by atoms with Crippen LogP contribution >= 0.6 is 0 Å². The van der Waals surface area contributed by atoms with Crippen molar-refractivity contribution in [2.75, 3.05) is 0 Å². The lowest BCUT2D eigenvalue weighted by Crippen LogP contribution is -2.57. The van der Waals surface area contributed by atoms with Gasteiger partial charge in [0.25, 0.3) is 5.91 Å². The van der Waals surface area contributed by atoms with Gasteiger partial charge in [-0.25, -0.2) is 0 Å². The summed E-state index contributed by atoms with van der Waals surface area (Å²) in [6.07, 6.45) is 7.56. The average molecular weight is 356 g/mol. The van der Waals surface area contributed by atoms with Crippen molar-refractivity contribution in [1.29, 1.82) is 0 Å². The number of fused-ring (bicyclic) bond motifs is 3. The predicted molar refractivity (Wildman–Crippen MR) is 97.3 cm³/mol. The second-order valence-electron chi connectivity index (χ2n) is 8.79. The number of rotatable bonds is 2. The minimum absolute atomic E-state index is 0.00327. The van der Waals surface area contributed by atoms with E-state index in [1.165, 1.54) is 0 Å². The van der Waals surface area contributed by atoms with Gasteiger partial charge in [-0.3, -0.25) is 14.6 Å². The van der Waals surface area contributed by atoms with E-state index in [0.717, 1.165) is 25.7 Å². The van der Waals surface area contributed by atoms with Gasteiger partial charge in [0, 0.05) is 35.8 Å². The smallest absolute Gasteiger partial charge is 0.309 e. The molecular formula is C21H28N2O3. The van der Waals surface area contributed by atoms with Gasteiger partial charge in [0.05, 0.1) is 5.92 Å². The zero-order valence-electron chi connectivity index (χ0n) is 15.8. The van der Waals surface area contributed by atoms with Gasteiger partial charge in [-0.1, -0.05) is 20.8 Å². The maximum atomic E-state index is 12.6. The first-order valence-corrected chi connectivity index (χ1v) is 9.82. The Morgan fingerprint density at radius 2 is 1.92 bits per heavy atom. The number of ether oxygens (including phenoxy) is 1. The number of aromatic nitrogens is 1. The van der Waals surface area contributed by atoms with Crippen molar-refractivity contribution in [3.8, 4) is 0 Å². The molecule has 4 rings (SSSR count). The molecule has 0 aromatic carbocycles. The Morgan fingerprint density at radius 1 is 1.23 bits per heavy atom. The van der Waals surface area contributed by atoms with Crippen molar-refractivity contribution in [3.63, 3.8) is 0 Å². The van der Waals surface area contributed by atoms with E-state index in [1.807, 2.05) is 6.92 Å². The first-order chi connectivity index (χ1) is 12.4. The van der Waals surface area contributed by atoms with Gasteiger partial charge >= 0.3 is 5.97 Å². The fraction of sp³-hybridized carbons (Fsp3) is 0.667. The average Bonchev–Trinajstić information content (AvgIpc) is 2.92. The van der Waals surface area contributed by atoms with Crippen LogP contribution in [0.3, 0.4) is 0 Å². The van der Waals surface area contributed by atoms with E-state index in [0.29, 0.717) is 17.4 Å². The first kappa shape index (κ1) is 17.5. The molecule has 1 amide bonds. The highest BCUT2D eigenvalue weighted by molar-refractivity contribution is 5.94.